The average molecular weight is 564 g/mol. The number of hydrogen-bond donors (Lipinski definition) is 3. The summed E-state index contributed by atoms with van der Waals surface area (Å²) in [5.41, 5.74) is 7.77. The molecular formula is C30H37N5O4S. The summed E-state index contributed by atoms with van der Waals surface area (Å²) in [5, 5.41) is 13.4. The van der Waals surface area contributed by atoms with Gasteiger partial charge >= 0.3 is 6.03 Å². The second kappa shape index (κ2) is 15.0. The van der Waals surface area contributed by atoms with Gasteiger partial charge in [0.25, 0.3) is 5.91 Å². The molecule has 0 bridgehead atoms. The van der Waals surface area contributed by atoms with Crippen LogP contribution in [0.5, 0.6) is 0 Å². The van der Waals surface area contributed by atoms with Crippen LogP contribution >= 0.6 is 11.8 Å². The molecule has 9 nitrogen and oxygen atoms in total. The number of nitrogen functional groups attached to an aromatic ring is 1. The molecule has 2 aromatic carbocycles. The van der Waals surface area contributed by atoms with Gasteiger partial charge in [0.05, 0.1) is 17.8 Å². The van der Waals surface area contributed by atoms with E-state index in [1.165, 1.54) is 16.7 Å². The van der Waals surface area contributed by atoms with Crippen LogP contribution in [0.15, 0.2) is 84.0 Å². The van der Waals surface area contributed by atoms with Gasteiger partial charge in [-0.3, -0.25) is 19.8 Å². The Morgan fingerprint density at radius 1 is 0.975 bits per heavy atom. The zero-order chi connectivity index (χ0) is 29.1. The lowest BCUT2D eigenvalue weighted by Crippen LogP contribution is -2.54. The molecule has 0 saturated carbocycles. The number of amides is 4. The van der Waals surface area contributed by atoms with Crippen LogP contribution in [0.4, 0.5) is 16.2 Å². The van der Waals surface area contributed by atoms with Gasteiger partial charge in [0.15, 0.2) is 0 Å². The molecule has 4 amide bonds. The molecule has 1 aromatic heterocycles. The number of nitrogens with one attached hydrogen (secondary N) is 1. The third-order valence-electron chi connectivity index (χ3n) is 6.42. The molecular weight excluding hydrogens is 526 g/mol. The number of carbonyl (C=O) groups is 3. The Bertz CT molecular complexity index is 1240. The summed E-state index contributed by atoms with van der Waals surface area (Å²) in [6.45, 7) is 4.10. The predicted molar refractivity (Wildman–Crippen MR) is 158 cm³/mol. The van der Waals surface area contributed by atoms with E-state index in [-0.39, 0.29) is 11.5 Å². The van der Waals surface area contributed by atoms with Crippen LogP contribution in [0.2, 0.25) is 0 Å². The Labute approximate surface area is 239 Å². The standard InChI is InChI=1S/C30H37N5O4S/c1-21(2)11-12-23(20-40-26-15-13-24(31)14-16-26)28(36)35(39)30(38)33-27(18-22-8-5-4-6-9-22)29(37)34(3)25-10-7-17-32-19-25/h4-10,13-17,19,21,23,27,39H,11-12,18,20,31H2,1-3H3,(H,33,38)/t23-,27?/m1/s1. The van der Waals surface area contributed by atoms with Crippen molar-refractivity contribution in [3.63, 3.8) is 0 Å². The van der Waals surface area contributed by atoms with Crippen LogP contribution in [0.1, 0.15) is 32.3 Å². The van der Waals surface area contributed by atoms with Gasteiger partial charge < -0.3 is 16.0 Å². The maximum atomic E-state index is 13.5. The fraction of sp³-hybridized carbons (Fsp3) is 0.333. The largest absolute Gasteiger partial charge is 0.399 e. The van der Waals surface area contributed by atoms with Crippen molar-refractivity contribution in [3.05, 3.63) is 84.7 Å². The second-order valence-corrected chi connectivity index (χ2v) is 11.1. The highest BCUT2D eigenvalue weighted by atomic mass is 32.2. The van der Waals surface area contributed by atoms with Crippen LogP contribution in [-0.2, 0) is 16.0 Å². The summed E-state index contributed by atoms with van der Waals surface area (Å²) in [7, 11) is 1.59. The van der Waals surface area contributed by atoms with Gasteiger partial charge in [-0.25, -0.2) is 4.79 Å². The number of hydroxylamine groups is 2. The highest BCUT2D eigenvalue weighted by molar-refractivity contribution is 7.99. The summed E-state index contributed by atoms with van der Waals surface area (Å²) in [6.07, 6.45) is 4.56. The first kappa shape index (κ1) is 30.6. The zero-order valence-corrected chi connectivity index (χ0v) is 23.9. The molecule has 3 rings (SSSR count). The Morgan fingerprint density at radius 3 is 2.30 bits per heavy atom. The van der Waals surface area contributed by atoms with E-state index < -0.39 is 29.8 Å². The second-order valence-electron chi connectivity index (χ2n) is 10.00. The lowest BCUT2D eigenvalue weighted by atomic mass is 9.98. The Balaban J connectivity index is 1.75. The highest BCUT2D eigenvalue weighted by Crippen LogP contribution is 2.26. The van der Waals surface area contributed by atoms with E-state index >= 15 is 0 Å². The van der Waals surface area contributed by atoms with Crippen LogP contribution in [0.25, 0.3) is 0 Å². The molecule has 1 unspecified atom stereocenters. The molecule has 212 valence electrons. The van der Waals surface area contributed by atoms with E-state index in [1.54, 1.807) is 43.7 Å². The Kier molecular flexibility index (Phi) is 11.5. The van der Waals surface area contributed by atoms with Crippen molar-refractivity contribution in [1.82, 2.24) is 15.4 Å². The van der Waals surface area contributed by atoms with Gasteiger partial charge in [-0.2, -0.15) is 0 Å². The van der Waals surface area contributed by atoms with E-state index in [4.69, 9.17) is 5.73 Å². The first-order valence-corrected chi connectivity index (χ1v) is 14.2. The summed E-state index contributed by atoms with van der Waals surface area (Å²) in [5.74, 6) is -1.03. The number of urea groups is 1. The van der Waals surface area contributed by atoms with E-state index in [0.717, 1.165) is 16.9 Å². The molecule has 2 atom stereocenters. The highest BCUT2D eigenvalue weighted by Gasteiger charge is 2.32. The third kappa shape index (κ3) is 9.10. The van der Waals surface area contributed by atoms with Gasteiger partial charge in [-0.15, -0.1) is 16.8 Å². The molecule has 0 aliphatic rings. The summed E-state index contributed by atoms with van der Waals surface area (Å²) in [4.78, 5) is 46.3. The molecule has 10 heteroatoms. The number of thioether (sulfide) groups is 1. The number of benzene rings is 2. The molecule has 0 saturated heterocycles. The number of nitrogens with two attached hydrogens (primary N) is 1. The number of anilines is 2. The van der Waals surface area contributed by atoms with Crippen LogP contribution in [-0.4, -0.2) is 51.9 Å². The van der Waals surface area contributed by atoms with Gasteiger partial charge in [0.1, 0.15) is 6.04 Å². The first-order valence-electron chi connectivity index (χ1n) is 13.2. The van der Waals surface area contributed by atoms with Crippen molar-refractivity contribution in [3.8, 4) is 0 Å². The van der Waals surface area contributed by atoms with Crippen molar-refractivity contribution in [2.24, 2.45) is 11.8 Å². The molecule has 0 aliphatic carbocycles. The fourth-order valence-electron chi connectivity index (χ4n) is 4.02. The van der Waals surface area contributed by atoms with Crippen LogP contribution in [0, 0.1) is 11.8 Å². The van der Waals surface area contributed by atoms with E-state index in [9.17, 15) is 19.6 Å². The number of imide groups is 1. The predicted octanol–water partition coefficient (Wildman–Crippen LogP) is 5.01. The summed E-state index contributed by atoms with van der Waals surface area (Å²) in [6, 6.07) is 17.9. The smallest absolute Gasteiger partial charge is 0.349 e. The Morgan fingerprint density at radius 2 is 1.68 bits per heavy atom. The maximum Gasteiger partial charge on any atom is 0.349 e. The number of hydrogen-bond acceptors (Lipinski definition) is 7. The van der Waals surface area contributed by atoms with Gasteiger partial charge in [-0.1, -0.05) is 50.6 Å². The molecule has 0 radical (unpaired) electrons. The van der Waals surface area contributed by atoms with Crippen LogP contribution < -0.4 is 16.0 Å². The van der Waals surface area contributed by atoms with Crippen molar-refractivity contribution in [1.29, 1.82) is 0 Å². The quantitative estimate of drug-likeness (QED) is 0.122. The van der Waals surface area contributed by atoms with Crippen molar-refractivity contribution < 1.29 is 19.6 Å². The van der Waals surface area contributed by atoms with Gasteiger partial charge in [0, 0.05) is 36.0 Å². The number of likely N-dealkylation sites (N-methyl/N-ethyl adjacent to an activating group) is 1. The van der Waals surface area contributed by atoms with Crippen molar-refractivity contribution in [2.75, 3.05) is 23.4 Å². The van der Waals surface area contributed by atoms with Crippen molar-refractivity contribution in [2.45, 2.75) is 44.0 Å². The lowest BCUT2D eigenvalue weighted by Gasteiger charge is -2.27. The summed E-state index contributed by atoms with van der Waals surface area (Å²) < 4.78 is 0. The van der Waals surface area contributed by atoms with Crippen molar-refractivity contribution >= 4 is 41.0 Å². The van der Waals surface area contributed by atoms with Gasteiger partial charge in [0.2, 0.25) is 5.91 Å². The number of nitrogens with zero attached hydrogens (tertiary/aromatic N) is 3. The monoisotopic (exact) mass is 563 g/mol. The van der Waals surface area contributed by atoms with Crippen LogP contribution in [0.3, 0.4) is 0 Å². The topological polar surface area (TPSA) is 129 Å². The molecule has 4 N–H and O–H groups in total. The summed E-state index contributed by atoms with van der Waals surface area (Å²) >= 11 is 1.46. The molecule has 0 spiro atoms. The SMILES string of the molecule is CC(C)CC[C@H](CSc1ccc(N)cc1)C(=O)N(O)C(=O)NC(Cc1ccccc1)C(=O)N(C)c1cccnc1. The number of rotatable bonds is 12. The number of aromatic nitrogens is 1. The maximum absolute atomic E-state index is 13.5. The fourth-order valence-corrected chi connectivity index (χ4v) is 5.05. The minimum Gasteiger partial charge on any atom is -0.399 e. The number of pyridine rings is 1. The number of carbonyl (C=O) groups excluding carboxylic acids is 3. The molecule has 3 aromatic rings. The van der Waals surface area contributed by atoms with E-state index in [0.29, 0.717) is 29.5 Å². The van der Waals surface area contributed by atoms with Gasteiger partial charge in [-0.05, 0) is 54.3 Å². The Hall–Kier alpha value is -3.89. The zero-order valence-electron chi connectivity index (χ0n) is 23.1. The lowest BCUT2D eigenvalue weighted by molar-refractivity contribution is -0.157. The molecule has 0 fully saturated rings. The molecule has 0 aliphatic heterocycles. The third-order valence-corrected chi connectivity index (χ3v) is 7.59. The molecule has 40 heavy (non-hydrogen) atoms. The average Bonchev–Trinajstić information content (AvgIpc) is 2.97. The van der Waals surface area contributed by atoms with E-state index in [1.807, 2.05) is 42.5 Å². The first-order chi connectivity index (χ1) is 19.2. The molecule has 1 heterocycles. The normalized spacial score (nSPS) is 12.4. The minimum absolute atomic E-state index is 0.115. The van der Waals surface area contributed by atoms with E-state index in [2.05, 4.69) is 24.1 Å². The minimum atomic E-state index is -1.05.